The molecule has 0 aliphatic heterocycles. The molecule has 24 heavy (non-hydrogen) atoms. The molecule has 8 heteroatoms. The Morgan fingerprint density at radius 2 is 1.92 bits per heavy atom. The van der Waals surface area contributed by atoms with Crippen LogP contribution in [0.25, 0.3) is 0 Å². The van der Waals surface area contributed by atoms with Crippen molar-refractivity contribution in [2.45, 2.75) is 6.92 Å². The number of rotatable bonds is 5. The van der Waals surface area contributed by atoms with E-state index in [1.165, 1.54) is 24.3 Å². The van der Waals surface area contributed by atoms with E-state index in [4.69, 9.17) is 16.3 Å². The van der Waals surface area contributed by atoms with Crippen LogP contribution >= 0.6 is 11.6 Å². The zero-order chi connectivity index (χ0) is 17.7. The third kappa shape index (κ3) is 3.88. The van der Waals surface area contributed by atoms with Crippen molar-refractivity contribution in [2.24, 2.45) is 0 Å². The van der Waals surface area contributed by atoms with Crippen LogP contribution in [0.2, 0.25) is 5.02 Å². The average molecular weight is 349 g/mol. The average Bonchev–Trinajstić information content (AvgIpc) is 2.55. The highest BCUT2D eigenvalue weighted by Crippen LogP contribution is 2.27. The molecule has 0 saturated carbocycles. The van der Waals surface area contributed by atoms with Gasteiger partial charge < -0.3 is 4.74 Å². The maximum atomic E-state index is 12.7. The Balaban J connectivity index is 2.50. The topological polar surface area (TPSA) is 98.5 Å². The summed E-state index contributed by atoms with van der Waals surface area (Å²) in [4.78, 5) is 34.7. The van der Waals surface area contributed by atoms with Crippen LogP contribution in [0, 0.1) is 10.1 Å². The predicted molar refractivity (Wildman–Crippen MR) is 88.6 cm³/mol. The van der Waals surface area contributed by atoms with Crippen molar-refractivity contribution in [3.63, 3.8) is 0 Å². The van der Waals surface area contributed by atoms with Crippen LogP contribution in [0.15, 0.2) is 42.5 Å². The predicted octanol–water partition coefficient (Wildman–Crippen LogP) is 4.05. The summed E-state index contributed by atoms with van der Waals surface area (Å²) in [6, 6.07) is 9.86. The lowest BCUT2D eigenvalue weighted by Crippen LogP contribution is -2.16. The first-order valence-corrected chi connectivity index (χ1v) is 7.33. The zero-order valence-electron chi connectivity index (χ0n) is 12.6. The molecule has 0 heterocycles. The molecule has 2 rings (SSSR count). The Morgan fingerprint density at radius 1 is 1.21 bits per heavy atom. The number of nitro groups is 1. The van der Waals surface area contributed by atoms with Gasteiger partial charge in [0.15, 0.2) is 5.78 Å². The molecule has 0 saturated heterocycles. The standard InChI is InChI=1S/C16H13ClN2O5/c1-2-24-16(21)18-14-8-7-10(19(22)23)9-12(14)15(20)11-5-3-4-6-13(11)17/h3-9H,2H2,1H3,(H,18,21). The van der Waals surface area contributed by atoms with E-state index in [1.54, 1.807) is 19.1 Å². The number of nitrogens with zero attached hydrogens (tertiary/aromatic N) is 1. The minimum Gasteiger partial charge on any atom is -0.450 e. The van der Waals surface area contributed by atoms with E-state index in [2.05, 4.69) is 5.32 Å². The molecule has 7 nitrogen and oxygen atoms in total. The minimum atomic E-state index is -0.764. The molecule has 0 bridgehead atoms. The van der Waals surface area contributed by atoms with Gasteiger partial charge in [-0.15, -0.1) is 0 Å². The van der Waals surface area contributed by atoms with Crippen LogP contribution in [0.4, 0.5) is 16.2 Å². The lowest BCUT2D eigenvalue weighted by Gasteiger charge is -2.11. The number of hydrogen-bond acceptors (Lipinski definition) is 5. The molecule has 0 unspecified atom stereocenters. The molecule has 0 spiro atoms. The summed E-state index contributed by atoms with van der Waals surface area (Å²) in [5.41, 5.74) is -0.0549. The van der Waals surface area contributed by atoms with E-state index in [-0.39, 0.29) is 34.1 Å². The van der Waals surface area contributed by atoms with E-state index < -0.39 is 16.8 Å². The van der Waals surface area contributed by atoms with Crippen molar-refractivity contribution in [1.82, 2.24) is 0 Å². The molecule has 2 aromatic carbocycles. The van der Waals surface area contributed by atoms with Gasteiger partial charge in [0.25, 0.3) is 5.69 Å². The fourth-order valence-corrected chi connectivity index (χ4v) is 2.23. The van der Waals surface area contributed by atoms with Crippen LogP contribution in [-0.2, 0) is 4.74 Å². The van der Waals surface area contributed by atoms with Crippen LogP contribution < -0.4 is 5.32 Å². The summed E-state index contributed by atoms with van der Waals surface area (Å²) in [6.07, 6.45) is -0.764. The van der Waals surface area contributed by atoms with Crippen LogP contribution in [0.5, 0.6) is 0 Å². The molecular formula is C16H13ClN2O5. The number of halogens is 1. The molecule has 0 aromatic heterocycles. The number of non-ortho nitro benzene ring substituents is 1. The summed E-state index contributed by atoms with van der Waals surface area (Å²) >= 11 is 6.01. The highest BCUT2D eigenvalue weighted by Gasteiger charge is 2.21. The third-order valence-corrected chi connectivity index (χ3v) is 3.42. The maximum Gasteiger partial charge on any atom is 0.411 e. The molecule has 0 fully saturated rings. The molecule has 0 aliphatic rings. The van der Waals surface area contributed by atoms with Gasteiger partial charge >= 0.3 is 6.09 Å². The highest BCUT2D eigenvalue weighted by molar-refractivity contribution is 6.35. The summed E-state index contributed by atoms with van der Waals surface area (Å²) in [7, 11) is 0. The number of amides is 1. The molecular weight excluding hydrogens is 336 g/mol. The Hall–Kier alpha value is -2.93. The minimum absolute atomic E-state index is 0.0506. The van der Waals surface area contributed by atoms with E-state index in [9.17, 15) is 19.7 Å². The first-order valence-electron chi connectivity index (χ1n) is 6.95. The van der Waals surface area contributed by atoms with Gasteiger partial charge in [0.2, 0.25) is 0 Å². The molecule has 0 atom stereocenters. The fraction of sp³-hybridized carbons (Fsp3) is 0.125. The van der Waals surface area contributed by atoms with E-state index >= 15 is 0 Å². The first-order chi connectivity index (χ1) is 11.4. The van der Waals surface area contributed by atoms with E-state index in [1.807, 2.05) is 0 Å². The number of carbonyl (C=O) groups excluding carboxylic acids is 2. The number of hydrogen-bond donors (Lipinski definition) is 1. The molecule has 1 amide bonds. The lowest BCUT2D eigenvalue weighted by atomic mass is 10.0. The van der Waals surface area contributed by atoms with Crippen molar-refractivity contribution in [2.75, 3.05) is 11.9 Å². The Labute approximate surface area is 142 Å². The number of ketones is 1. The van der Waals surface area contributed by atoms with Crippen molar-refractivity contribution < 1.29 is 19.2 Å². The number of nitro benzene ring substituents is 1. The second-order valence-corrected chi connectivity index (χ2v) is 5.05. The van der Waals surface area contributed by atoms with Gasteiger partial charge in [-0.2, -0.15) is 0 Å². The van der Waals surface area contributed by atoms with Gasteiger partial charge in [-0.1, -0.05) is 23.7 Å². The Kier molecular flexibility index (Phi) is 5.49. The van der Waals surface area contributed by atoms with Crippen LogP contribution in [0.1, 0.15) is 22.8 Å². The zero-order valence-corrected chi connectivity index (χ0v) is 13.4. The van der Waals surface area contributed by atoms with Gasteiger partial charge in [-0.05, 0) is 25.1 Å². The smallest absolute Gasteiger partial charge is 0.411 e. The molecule has 2 aromatic rings. The second-order valence-electron chi connectivity index (χ2n) is 4.64. The summed E-state index contributed by atoms with van der Waals surface area (Å²) in [5.74, 6) is -0.545. The van der Waals surface area contributed by atoms with Gasteiger partial charge in [0, 0.05) is 17.7 Å². The number of anilines is 1. The number of carbonyl (C=O) groups is 2. The fourth-order valence-electron chi connectivity index (χ4n) is 2.01. The first kappa shape index (κ1) is 17.4. The van der Waals surface area contributed by atoms with Gasteiger partial charge in [0.1, 0.15) is 0 Å². The maximum absolute atomic E-state index is 12.7. The number of benzene rings is 2. The number of ether oxygens (including phenoxy) is 1. The molecule has 124 valence electrons. The summed E-state index contributed by atoms with van der Waals surface area (Å²) in [6.45, 7) is 1.78. The lowest BCUT2D eigenvalue weighted by molar-refractivity contribution is -0.384. The normalized spacial score (nSPS) is 10.1. The van der Waals surface area contributed by atoms with Gasteiger partial charge in [-0.3, -0.25) is 20.2 Å². The van der Waals surface area contributed by atoms with Crippen LogP contribution in [-0.4, -0.2) is 23.4 Å². The third-order valence-electron chi connectivity index (χ3n) is 3.09. The second kappa shape index (κ2) is 7.56. The summed E-state index contributed by atoms with van der Waals surface area (Å²) in [5, 5.41) is 13.6. The Morgan fingerprint density at radius 3 is 2.54 bits per heavy atom. The van der Waals surface area contributed by atoms with Crippen molar-refractivity contribution in [1.29, 1.82) is 0 Å². The quantitative estimate of drug-likeness (QED) is 0.499. The van der Waals surface area contributed by atoms with Gasteiger partial charge in [0.05, 0.1) is 27.8 Å². The molecule has 0 aliphatic carbocycles. The van der Waals surface area contributed by atoms with Crippen molar-refractivity contribution in [3.8, 4) is 0 Å². The number of nitrogens with one attached hydrogen (secondary N) is 1. The summed E-state index contributed by atoms with van der Waals surface area (Å²) < 4.78 is 4.77. The van der Waals surface area contributed by atoms with Crippen LogP contribution in [0.3, 0.4) is 0 Å². The van der Waals surface area contributed by atoms with E-state index in [0.29, 0.717) is 0 Å². The molecule has 1 N–H and O–H groups in total. The van der Waals surface area contributed by atoms with Crippen molar-refractivity contribution in [3.05, 3.63) is 68.7 Å². The highest BCUT2D eigenvalue weighted by atomic mass is 35.5. The van der Waals surface area contributed by atoms with Gasteiger partial charge in [-0.25, -0.2) is 4.79 Å². The Bertz CT molecular complexity index is 807. The molecule has 0 radical (unpaired) electrons. The van der Waals surface area contributed by atoms with Crippen molar-refractivity contribution >= 4 is 34.9 Å². The largest absolute Gasteiger partial charge is 0.450 e. The SMILES string of the molecule is CCOC(=O)Nc1ccc([N+](=O)[O-])cc1C(=O)c1ccccc1Cl. The monoisotopic (exact) mass is 348 g/mol. The van der Waals surface area contributed by atoms with E-state index in [0.717, 1.165) is 6.07 Å².